The van der Waals surface area contributed by atoms with E-state index in [1.807, 2.05) is 13.8 Å². The van der Waals surface area contributed by atoms with Gasteiger partial charge in [0.25, 0.3) is 0 Å². The lowest BCUT2D eigenvalue weighted by Crippen LogP contribution is -2.23. The van der Waals surface area contributed by atoms with E-state index < -0.39 is 0 Å². The molecule has 0 radical (unpaired) electrons. The Morgan fingerprint density at radius 3 is 2.43 bits per heavy atom. The van der Waals surface area contributed by atoms with Gasteiger partial charge in [-0.05, 0) is 32.1 Å². The molecule has 0 aliphatic carbocycles. The molecule has 0 saturated carbocycles. The van der Waals surface area contributed by atoms with Gasteiger partial charge in [-0.3, -0.25) is 0 Å². The predicted octanol–water partition coefficient (Wildman–Crippen LogP) is 3.24. The van der Waals surface area contributed by atoms with E-state index in [0.717, 1.165) is 24.9 Å². The van der Waals surface area contributed by atoms with Gasteiger partial charge < -0.3 is 9.47 Å². The van der Waals surface area contributed by atoms with E-state index in [9.17, 15) is 0 Å². The third-order valence-electron chi connectivity index (χ3n) is 2.92. The van der Waals surface area contributed by atoms with Crippen LogP contribution in [-0.2, 0) is 9.47 Å². The molecule has 0 unspecified atom stereocenters. The van der Waals surface area contributed by atoms with Crippen LogP contribution in [0.25, 0.3) is 0 Å². The number of ether oxygens (including phenoxy) is 2. The Morgan fingerprint density at radius 1 is 1.36 bits per heavy atom. The molecule has 1 aliphatic rings. The third kappa shape index (κ3) is 3.66. The predicted molar refractivity (Wildman–Crippen MR) is 66.7 cm³/mol. The minimum Gasteiger partial charge on any atom is -0.348 e. The van der Waals surface area contributed by atoms with Gasteiger partial charge in [-0.2, -0.15) is 0 Å². The monoisotopic (exact) mass is 312 g/mol. The van der Waals surface area contributed by atoms with Crippen molar-refractivity contribution in [2.45, 2.75) is 46.0 Å². The molecule has 0 spiro atoms. The molecular formula is C11H21IO2. The molecule has 3 atom stereocenters. The van der Waals surface area contributed by atoms with Crippen molar-refractivity contribution >= 4 is 22.6 Å². The first-order chi connectivity index (χ1) is 6.44. The highest BCUT2D eigenvalue weighted by atomic mass is 127. The van der Waals surface area contributed by atoms with Crippen molar-refractivity contribution in [3.8, 4) is 0 Å². The van der Waals surface area contributed by atoms with Crippen molar-refractivity contribution in [3.05, 3.63) is 0 Å². The molecule has 2 nitrogen and oxygen atoms in total. The number of hydrogen-bond donors (Lipinski definition) is 0. The van der Waals surface area contributed by atoms with Gasteiger partial charge in [-0.25, -0.2) is 0 Å². The maximum atomic E-state index is 5.79. The van der Waals surface area contributed by atoms with Gasteiger partial charge in [0.15, 0.2) is 5.79 Å². The van der Waals surface area contributed by atoms with Crippen LogP contribution in [0.15, 0.2) is 0 Å². The maximum Gasteiger partial charge on any atom is 0.163 e. The minimum atomic E-state index is -0.363. The molecule has 1 aliphatic heterocycles. The van der Waals surface area contributed by atoms with Crippen LogP contribution in [0.3, 0.4) is 0 Å². The summed E-state index contributed by atoms with van der Waals surface area (Å²) >= 11 is 2.45. The largest absolute Gasteiger partial charge is 0.348 e. The van der Waals surface area contributed by atoms with E-state index in [4.69, 9.17) is 9.47 Å². The molecule has 1 heterocycles. The number of rotatable bonds is 4. The van der Waals surface area contributed by atoms with Gasteiger partial charge in [-0.1, -0.05) is 36.4 Å². The highest BCUT2D eigenvalue weighted by Gasteiger charge is 2.33. The molecule has 1 saturated heterocycles. The lowest BCUT2D eigenvalue weighted by Gasteiger charge is -2.22. The van der Waals surface area contributed by atoms with Crippen LogP contribution >= 0.6 is 22.6 Å². The average Bonchev–Trinajstić information content (AvgIpc) is 2.44. The Labute approximate surface area is 101 Å². The van der Waals surface area contributed by atoms with Gasteiger partial charge in [-0.15, -0.1) is 0 Å². The van der Waals surface area contributed by atoms with Crippen molar-refractivity contribution in [2.24, 2.45) is 11.8 Å². The molecule has 0 N–H and O–H groups in total. The van der Waals surface area contributed by atoms with Gasteiger partial charge >= 0.3 is 0 Å². The van der Waals surface area contributed by atoms with Crippen LogP contribution in [0.2, 0.25) is 0 Å². The van der Waals surface area contributed by atoms with Gasteiger partial charge in [0, 0.05) is 4.43 Å². The first kappa shape index (κ1) is 12.7. The van der Waals surface area contributed by atoms with E-state index in [1.165, 1.54) is 4.43 Å². The summed E-state index contributed by atoms with van der Waals surface area (Å²) in [4.78, 5) is 0. The van der Waals surface area contributed by atoms with Crippen LogP contribution in [0, 0.1) is 11.8 Å². The second-order valence-corrected chi connectivity index (χ2v) is 5.68. The summed E-state index contributed by atoms with van der Waals surface area (Å²) in [7, 11) is 0. The smallest absolute Gasteiger partial charge is 0.163 e. The zero-order chi connectivity index (χ0) is 10.8. The van der Waals surface area contributed by atoms with Crippen molar-refractivity contribution < 1.29 is 9.47 Å². The van der Waals surface area contributed by atoms with E-state index in [-0.39, 0.29) is 5.79 Å². The SMILES string of the molecule is C[C@H](CI)[C@@H](C)C[C@H]1COC(C)(C)O1. The van der Waals surface area contributed by atoms with Gasteiger partial charge in [0.2, 0.25) is 0 Å². The Bertz CT molecular complexity index is 182. The Balaban J connectivity index is 2.32. The van der Waals surface area contributed by atoms with Crippen molar-refractivity contribution in [3.63, 3.8) is 0 Å². The lowest BCUT2D eigenvalue weighted by atomic mass is 9.92. The lowest BCUT2D eigenvalue weighted by molar-refractivity contribution is -0.140. The molecule has 1 rings (SSSR count). The van der Waals surface area contributed by atoms with E-state index in [2.05, 4.69) is 36.4 Å². The fourth-order valence-corrected chi connectivity index (χ4v) is 2.55. The summed E-state index contributed by atoms with van der Waals surface area (Å²) < 4.78 is 12.6. The van der Waals surface area contributed by atoms with Crippen LogP contribution in [0.1, 0.15) is 34.1 Å². The maximum absolute atomic E-state index is 5.79. The van der Waals surface area contributed by atoms with Crippen molar-refractivity contribution in [1.29, 1.82) is 0 Å². The summed E-state index contributed by atoms with van der Waals surface area (Å²) in [6.45, 7) is 9.33. The normalized spacial score (nSPS) is 30.2. The Morgan fingerprint density at radius 2 is 2.00 bits per heavy atom. The second-order valence-electron chi connectivity index (χ2n) is 4.80. The van der Waals surface area contributed by atoms with E-state index in [1.54, 1.807) is 0 Å². The molecule has 0 bridgehead atoms. The van der Waals surface area contributed by atoms with Crippen LogP contribution in [-0.4, -0.2) is 22.9 Å². The summed E-state index contributed by atoms with van der Waals surface area (Å²) in [6, 6.07) is 0. The van der Waals surface area contributed by atoms with Crippen LogP contribution in [0.5, 0.6) is 0 Å². The summed E-state index contributed by atoms with van der Waals surface area (Å²) in [5.41, 5.74) is 0. The van der Waals surface area contributed by atoms with Crippen molar-refractivity contribution in [1.82, 2.24) is 0 Å². The highest BCUT2D eigenvalue weighted by Crippen LogP contribution is 2.28. The Hall–Kier alpha value is 0.650. The summed E-state index contributed by atoms with van der Waals surface area (Å²) in [5.74, 6) is 1.12. The molecule has 0 amide bonds. The summed E-state index contributed by atoms with van der Waals surface area (Å²) in [5, 5.41) is 0. The molecule has 0 aromatic carbocycles. The van der Waals surface area contributed by atoms with Gasteiger partial charge in [0.05, 0.1) is 12.7 Å². The molecule has 1 fully saturated rings. The Kier molecular flexibility index (Phi) is 4.65. The van der Waals surface area contributed by atoms with E-state index in [0.29, 0.717) is 6.10 Å². The molecular weight excluding hydrogens is 291 g/mol. The molecule has 3 heteroatoms. The topological polar surface area (TPSA) is 18.5 Å². The zero-order valence-corrected chi connectivity index (χ0v) is 11.7. The number of alkyl halides is 1. The third-order valence-corrected chi connectivity index (χ3v) is 4.31. The zero-order valence-electron chi connectivity index (χ0n) is 9.55. The second kappa shape index (κ2) is 5.12. The van der Waals surface area contributed by atoms with Gasteiger partial charge in [0.1, 0.15) is 0 Å². The summed E-state index contributed by atoms with van der Waals surface area (Å²) in [6.07, 6.45) is 1.42. The van der Waals surface area contributed by atoms with E-state index >= 15 is 0 Å². The first-order valence-corrected chi connectivity index (χ1v) is 6.85. The fourth-order valence-electron chi connectivity index (χ4n) is 1.68. The molecule has 84 valence electrons. The van der Waals surface area contributed by atoms with Crippen LogP contribution < -0.4 is 0 Å². The quantitative estimate of drug-likeness (QED) is 0.586. The molecule has 0 aromatic rings. The minimum absolute atomic E-state index is 0.297. The molecule has 0 aromatic heterocycles. The molecule has 14 heavy (non-hydrogen) atoms. The standard InChI is InChI=1S/C11H21IO2/c1-8(9(2)6-12)5-10-7-13-11(3,4)14-10/h8-10H,5-7H2,1-4H3/t8-,9+,10-/m0/s1. The highest BCUT2D eigenvalue weighted by molar-refractivity contribution is 14.1. The number of halogens is 1. The first-order valence-electron chi connectivity index (χ1n) is 5.32. The number of hydrogen-bond acceptors (Lipinski definition) is 2. The van der Waals surface area contributed by atoms with Crippen molar-refractivity contribution in [2.75, 3.05) is 11.0 Å². The average molecular weight is 312 g/mol. The fraction of sp³-hybridized carbons (Fsp3) is 1.00. The van der Waals surface area contributed by atoms with Crippen LogP contribution in [0.4, 0.5) is 0 Å².